The largest absolute Gasteiger partial charge is 0.506 e. The molecule has 0 bridgehead atoms. The van der Waals surface area contributed by atoms with Crippen molar-refractivity contribution in [1.29, 1.82) is 0 Å². The van der Waals surface area contributed by atoms with Crippen LogP contribution >= 0.6 is 0 Å². The molecule has 4 heteroatoms. The van der Waals surface area contributed by atoms with Gasteiger partial charge in [-0.3, -0.25) is 9.79 Å². The minimum Gasteiger partial charge on any atom is -0.506 e. The minimum atomic E-state index is -0.324. The van der Waals surface area contributed by atoms with Crippen molar-refractivity contribution in [3.63, 3.8) is 0 Å². The molecular weight excluding hydrogens is 134 g/mol. The summed E-state index contributed by atoms with van der Waals surface area (Å²) in [5.41, 5.74) is 0.180. The van der Waals surface area contributed by atoms with Gasteiger partial charge >= 0.3 is 0 Å². The maximum absolute atomic E-state index is 10.5. The van der Waals surface area contributed by atoms with E-state index in [0.717, 1.165) is 6.08 Å². The van der Waals surface area contributed by atoms with Gasteiger partial charge in [-0.1, -0.05) is 0 Å². The third-order valence-electron chi connectivity index (χ3n) is 1.17. The van der Waals surface area contributed by atoms with Gasteiger partial charge in [0.15, 0.2) is 5.78 Å². The zero-order valence-electron chi connectivity index (χ0n) is 5.24. The topological polar surface area (TPSA) is 69.9 Å². The quantitative estimate of drug-likeness (QED) is 0.514. The van der Waals surface area contributed by atoms with E-state index in [-0.39, 0.29) is 30.4 Å². The average Bonchev–Trinajstić information content (AvgIpc) is 1.88. The highest BCUT2D eigenvalue weighted by Gasteiger charge is 2.11. The van der Waals surface area contributed by atoms with Gasteiger partial charge in [-0.05, 0) is 0 Å². The molecule has 1 rings (SSSR count). The third-order valence-corrected chi connectivity index (χ3v) is 1.17. The van der Waals surface area contributed by atoms with Crippen LogP contribution in [-0.4, -0.2) is 34.9 Å². The fraction of sp³-hybridized carbons (Fsp3) is 0.333. The van der Waals surface area contributed by atoms with E-state index in [4.69, 9.17) is 10.2 Å². The van der Waals surface area contributed by atoms with Crippen molar-refractivity contribution >= 4 is 11.5 Å². The molecule has 1 aliphatic heterocycles. The van der Waals surface area contributed by atoms with E-state index in [1.807, 2.05) is 0 Å². The summed E-state index contributed by atoms with van der Waals surface area (Å²) in [5.74, 6) is -0.464. The Balaban J connectivity index is 2.81. The Morgan fingerprint density at radius 3 is 2.90 bits per heavy atom. The molecule has 2 N–H and O–H groups in total. The van der Waals surface area contributed by atoms with Crippen LogP contribution in [0, 0.1) is 0 Å². The standard InChI is InChI=1S/C6H7NO3/c8-3-5-6(10)1-4(9)2-7-5/h1,8,10H,2-3H2. The number of hydrogen-bond acceptors (Lipinski definition) is 4. The SMILES string of the molecule is O=C1C=C(O)C(CO)=NC1. The van der Waals surface area contributed by atoms with Gasteiger partial charge in [0.1, 0.15) is 18.0 Å². The molecule has 0 unspecified atom stereocenters. The highest BCUT2D eigenvalue weighted by atomic mass is 16.3. The van der Waals surface area contributed by atoms with Crippen LogP contribution in [0.15, 0.2) is 16.8 Å². The molecule has 0 aromatic heterocycles. The Morgan fingerprint density at radius 1 is 1.70 bits per heavy atom. The summed E-state index contributed by atoms with van der Waals surface area (Å²) in [6, 6.07) is 0. The molecule has 0 saturated heterocycles. The Labute approximate surface area is 57.5 Å². The predicted octanol–water partition coefficient (Wildman–Crippen LogP) is -0.556. The number of carbonyl (C=O) groups is 1. The van der Waals surface area contributed by atoms with Gasteiger partial charge in [-0.25, -0.2) is 0 Å². The van der Waals surface area contributed by atoms with Gasteiger partial charge in [-0.15, -0.1) is 0 Å². The molecule has 0 spiro atoms. The highest BCUT2D eigenvalue weighted by Crippen LogP contribution is 2.00. The molecule has 10 heavy (non-hydrogen) atoms. The molecule has 0 aromatic carbocycles. The average molecular weight is 141 g/mol. The van der Waals surface area contributed by atoms with Crippen LogP contribution in [0.5, 0.6) is 0 Å². The van der Waals surface area contributed by atoms with Gasteiger partial charge < -0.3 is 10.2 Å². The number of carbonyl (C=O) groups excluding carboxylic acids is 1. The second-order valence-electron chi connectivity index (χ2n) is 1.92. The number of aliphatic imine (C=N–C) groups is 1. The third kappa shape index (κ3) is 1.22. The first-order chi connectivity index (χ1) is 4.74. The van der Waals surface area contributed by atoms with E-state index in [0.29, 0.717) is 0 Å². The lowest BCUT2D eigenvalue weighted by atomic mass is 10.2. The number of ketones is 1. The molecule has 0 radical (unpaired) electrons. The molecule has 0 fully saturated rings. The summed E-state index contributed by atoms with van der Waals surface area (Å²) in [4.78, 5) is 14.1. The second kappa shape index (κ2) is 2.62. The fourth-order valence-electron chi connectivity index (χ4n) is 0.667. The van der Waals surface area contributed by atoms with E-state index in [9.17, 15) is 4.79 Å². The number of aliphatic hydroxyl groups excluding tert-OH is 2. The van der Waals surface area contributed by atoms with Crippen LogP contribution in [0.25, 0.3) is 0 Å². The predicted molar refractivity (Wildman–Crippen MR) is 35.1 cm³/mol. The monoisotopic (exact) mass is 141 g/mol. The first-order valence-corrected chi connectivity index (χ1v) is 2.82. The van der Waals surface area contributed by atoms with Crippen LogP contribution in [0.1, 0.15) is 0 Å². The zero-order valence-corrected chi connectivity index (χ0v) is 5.24. The Bertz CT molecular complexity index is 217. The summed E-state index contributed by atoms with van der Waals surface area (Å²) in [6.07, 6.45) is 1.07. The van der Waals surface area contributed by atoms with Crippen LogP contribution in [0.2, 0.25) is 0 Å². The number of hydrogen-bond donors (Lipinski definition) is 2. The Hall–Kier alpha value is -1.16. The van der Waals surface area contributed by atoms with Crippen LogP contribution in [0.4, 0.5) is 0 Å². The lowest BCUT2D eigenvalue weighted by Crippen LogP contribution is -2.17. The molecule has 1 aliphatic rings. The number of nitrogens with zero attached hydrogens (tertiary/aromatic N) is 1. The van der Waals surface area contributed by atoms with E-state index in [2.05, 4.69) is 4.99 Å². The summed E-state index contributed by atoms with van der Waals surface area (Å²) in [5, 5.41) is 17.4. The van der Waals surface area contributed by atoms with E-state index >= 15 is 0 Å². The van der Waals surface area contributed by atoms with Gasteiger partial charge in [0.05, 0.1) is 6.61 Å². The summed E-state index contributed by atoms with van der Waals surface area (Å²) >= 11 is 0. The lowest BCUT2D eigenvalue weighted by Gasteiger charge is -2.05. The van der Waals surface area contributed by atoms with Crippen molar-refractivity contribution in [1.82, 2.24) is 0 Å². The van der Waals surface area contributed by atoms with Crippen molar-refractivity contribution in [2.24, 2.45) is 4.99 Å². The van der Waals surface area contributed by atoms with Gasteiger partial charge in [-0.2, -0.15) is 0 Å². The molecule has 0 atom stereocenters. The van der Waals surface area contributed by atoms with Crippen LogP contribution in [-0.2, 0) is 4.79 Å². The van der Waals surface area contributed by atoms with E-state index < -0.39 is 0 Å². The molecular formula is C6H7NO3. The molecule has 0 aromatic rings. The van der Waals surface area contributed by atoms with Crippen molar-refractivity contribution < 1.29 is 15.0 Å². The number of aliphatic hydroxyl groups is 2. The second-order valence-corrected chi connectivity index (χ2v) is 1.92. The van der Waals surface area contributed by atoms with E-state index in [1.54, 1.807) is 0 Å². The summed E-state index contributed by atoms with van der Waals surface area (Å²) in [7, 11) is 0. The van der Waals surface area contributed by atoms with Gasteiger partial charge in [0.25, 0.3) is 0 Å². The molecule has 1 heterocycles. The van der Waals surface area contributed by atoms with Crippen molar-refractivity contribution in [3.8, 4) is 0 Å². The summed E-state index contributed by atoms with van der Waals surface area (Å²) in [6.45, 7) is -0.296. The maximum atomic E-state index is 10.5. The molecule has 54 valence electrons. The van der Waals surface area contributed by atoms with Crippen LogP contribution in [0.3, 0.4) is 0 Å². The van der Waals surface area contributed by atoms with Crippen molar-refractivity contribution in [2.75, 3.05) is 13.2 Å². The maximum Gasteiger partial charge on any atom is 0.180 e. The number of rotatable bonds is 1. The Kier molecular flexibility index (Phi) is 1.82. The van der Waals surface area contributed by atoms with Crippen molar-refractivity contribution in [2.45, 2.75) is 0 Å². The number of dihydropyridines is 1. The van der Waals surface area contributed by atoms with Crippen LogP contribution < -0.4 is 0 Å². The minimum absolute atomic E-state index is 0.0277. The lowest BCUT2D eigenvalue weighted by molar-refractivity contribution is -0.113. The Morgan fingerprint density at radius 2 is 2.40 bits per heavy atom. The summed E-state index contributed by atoms with van der Waals surface area (Å²) < 4.78 is 0. The molecule has 0 saturated carbocycles. The first-order valence-electron chi connectivity index (χ1n) is 2.82. The molecule has 0 aliphatic carbocycles. The van der Waals surface area contributed by atoms with Gasteiger partial charge in [0.2, 0.25) is 0 Å². The van der Waals surface area contributed by atoms with Gasteiger partial charge in [0, 0.05) is 6.08 Å². The van der Waals surface area contributed by atoms with Crippen molar-refractivity contribution in [3.05, 3.63) is 11.8 Å². The fourth-order valence-corrected chi connectivity index (χ4v) is 0.667. The smallest absolute Gasteiger partial charge is 0.180 e. The molecule has 4 nitrogen and oxygen atoms in total. The highest BCUT2D eigenvalue weighted by molar-refractivity contribution is 6.09. The first kappa shape index (κ1) is 6.95. The zero-order chi connectivity index (χ0) is 7.56. The normalized spacial score (nSPS) is 18.3. The van der Waals surface area contributed by atoms with E-state index in [1.165, 1.54) is 0 Å². The molecule has 0 amide bonds.